The van der Waals surface area contributed by atoms with Crippen LogP contribution in [0.25, 0.3) is 10.4 Å². The maximum Gasteiger partial charge on any atom is 0.0411 e. The molecule has 0 saturated carbocycles. The normalized spacial score (nSPS) is 11.8. The third kappa shape index (κ3) is 3.18. The van der Waals surface area contributed by atoms with Crippen molar-refractivity contribution in [1.82, 2.24) is 0 Å². The van der Waals surface area contributed by atoms with Gasteiger partial charge in [-0.25, -0.2) is 0 Å². The molecule has 0 aliphatic heterocycles. The first-order chi connectivity index (χ1) is 6.36. The van der Waals surface area contributed by atoms with E-state index in [0.29, 0.717) is 0 Å². The molecule has 0 amide bonds. The van der Waals surface area contributed by atoms with Crippen molar-refractivity contribution < 1.29 is 0 Å². The van der Waals surface area contributed by atoms with E-state index in [0.717, 1.165) is 12.8 Å². The molecule has 0 N–H and O–H groups in total. The summed E-state index contributed by atoms with van der Waals surface area (Å²) >= 11 is 0. The predicted octanol–water partition coefficient (Wildman–Crippen LogP) is 3.32. The zero-order chi connectivity index (χ0) is 9.52. The van der Waals surface area contributed by atoms with Crippen molar-refractivity contribution in [2.45, 2.75) is 25.8 Å². The summed E-state index contributed by atoms with van der Waals surface area (Å²) in [5.41, 5.74) is 9.53. The van der Waals surface area contributed by atoms with Crippen molar-refractivity contribution >= 4 is 0 Å². The van der Waals surface area contributed by atoms with Gasteiger partial charge < -0.3 is 0 Å². The third-order valence-electron chi connectivity index (χ3n) is 2.00. The summed E-state index contributed by atoms with van der Waals surface area (Å²) in [4.78, 5) is 2.83. The van der Waals surface area contributed by atoms with E-state index in [1.165, 1.54) is 5.56 Å². The number of hydrogen-bond acceptors (Lipinski definition) is 1. The fraction of sp³-hybridized carbons (Fsp3) is 0.400. The van der Waals surface area contributed by atoms with Crippen LogP contribution in [-0.2, 0) is 6.42 Å². The Balaban J connectivity index is 2.61. The minimum absolute atomic E-state index is 0.0902. The summed E-state index contributed by atoms with van der Waals surface area (Å²) in [6.45, 7) is 2.03. The minimum atomic E-state index is 0.0902. The van der Waals surface area contributed by atoms with Gasteiger partial charge in [-0.15, -0.1) is 0 Å². The molecule has 0 aliphatic rings. The lowest BCUT2D eigenvalue weighted by Gasteiger charge is -2.06. The molecular weight excluding hydrogens is 162 g/mol. The van der Waals surface area contributed by atoms with E-state index in [9.17, 15) is 0 Å². The van der Waals surface area contributed by atoms with Crippen LogP contribution < -0.4 is 0 Å². The second-order valence-electron chi connectivity index (χ2n) is 2.96. The standard InChI is InChI=1S/C10H13N3/c1-2-10(12-13-11)8-9-6-4-3-5-7-9/h3-7,10H,2,8H2,1H3. The zero-order valence-electron chi connectivity index (χ0n) is 7.72. The van der Waals surface area contributed by atoms with E-state index in [1.54, 1.807) is 0 Å². The number of rotatable bonds is 4. The summed E-state index contributed by atoms with van der Waals surface area (Å²) in [5.74, 6) is 0. The SMILES string of the molecule is CCC(Cc1ccccc1)N=[N+]=[N-]. The van der Waals surface area contributed by atoms with Crippen molar-refractivity contribution in [2.75, 3.05) is 0 Å². The van der Waals surface area contributed by atoms with Crippen LogP contribution in [0.15, 0.2) is 35.4 Å². The van der Waals surface area contributed by atoms with E-state index < -0.39 is 0 Å². The fourth-order valence-corrected chi connectivity index (χ4v) is 1.23. The van der Waals surface area contributed by atoms with Gasteiger partial charge in [-0.1, -0.05) is 42.4 Å². The van der Waals surface area contributed by atoms with Gasteiger partial charge in [0, 0.05) is 11.0 Å². The highest BCUT2D eigenvalue weighted by Gasteiger charge is 2.03. The average Bonchev–Trinajstić information content (AvgIpc) is 2.19. The van der Waals surface area contributed by atoms with Crippen molar-refractivity contribution in [3.05, 3.63) is 46.3 Å². The molecule has 0 aliphatic carbocycles. The maximum absolute atomic E-state index is 8.30. The Kier molecular flexibility index (Phi) is 3.86. The van der Waals surface area contributed by atoms with Crippen LogP contribution in [0.3, 0.4) is 0 Å². The predicted molar refractivity (Wildman–Crippen MR) is 53.4 cm³/mol. The minimum Gasteiger partial charge on any atom is -0.0903 e. The smallest absolute Gasteiger partial charge is 0.0411 e. The van der Waals surface area contributed by atoms with Crippen LogP contribution in [-0.4, -0.2) is 6.04 Å². The molecule has 0 fully saturated rings. The monoisotopic (exact) mass is 175 g/mol. The van der Waals surface area contributed by atoms with Gasteiger partial charge in [-0.05, 0) is 23.9 Å². The molecule has 1 aromatic rings. The van der Waals surface area contributed by atoms with Gasteiger partial charge in [-0.2, -0.15) is 0 Å². The van der Waals surface area contributed by atoms with Crippen LogP contribution in [0.2, 0.25) is 0 Å². The largest absolute Gasteiger partial charge is 0.0903 e. The second-order valence-corrected chi connectivity index (χ2v) is 2.96. The summed E-state index contributed by atoms with van der Waals surface area (Å²) in [6, 6.07) is 10.2. The summed E-state index contributed by atoms with van der Waals surface area (Å²) in [7, 11) is 0. The van der Waals surface area contributed by atoms with Crippen LogP contribution >= 0.6 is 0 Å². The third-order valence-corrected chi connectivity index (χ3v) is 2.00. The van der Waals surface area contributed by atoms with Crippen LogP contribution in [0.4, 0.5) is 0 Å². The molecule has 0 heterocycles. The second kappa shape index (κ2) is 5.22. The van der Waals surface area contributed by atoms with E-state index >= 15 is 0 Å². The average molecular weight is 175 g/mol. The van der Waals surface area contributed by atoms with E-state index in [-0.39, 0.29) is 6.04 Å². The number of nitrogens with zero attached hydrogens (tertiary/aromatic N) is 3. The number of hydrogen-bond donors (Lipinski definition) is 0. The zero-order valence-corrected chi connectivity index (χ0v) is 7.72. The van der Waals surface area contributed by atoms with Crippen molar-refractivity contribution in [3.8, 4) is 0 Å². The Morgan fingerprint density at radius 1 is 1.38 bits per heavy atom. The highest BCUT2D eigenvalue weighted by molar-refractivity contribution is 5.15. The Labute approximate surface area is 78.0 Å². The lowest BCUT2D eigenvalue weighted by atomic mass is 10.1. The van der Waals surface area contributed by atoms with Crippen molar-refractivity contribution in [2.24, 2.45) is 5.11 Å². The molecule has 0 spiro atoms. The summed E-state index contributed by atoms with van der Waals surface area (Å²) in [5, 5.41) is 3.72. The van der Waals surface area contributed by atoms with Gasteiger partial charge in [0.15, 0.2) is 0 Å². The summed E-state index contributed by atoms with van der Waals surface area (Å²) < 4.78 is 0. The lowest BCUT2D eigenvalue weighted by Crippen LogP contribution is -2.05. The first-order valence-corrected chi connectivity index (χ1v) is 4.45. The van der Waals surface area contributed by atoms with Crippen molar-refractivity contribution in [3.63, 3.8) is 0 Å². The van der Waals surface area contributed by atoms with Gasteiger partial charge in [0.2, 0.25) is 0 Å². The van der Waals surface area contributed by atoms with Gasteiger partial charge >= 0.3 is 0 Å². The van der Waals surface area contributed by atoms with Gasteiger partial charge in [-0.3, -0.25) is 0 Å². The molecule has 13 heavy (non-hydrogen) atoms. The van der Waals surface area contributed by atoms with Crippen LogP contribution in [0.5, 0.6) is 0 Å². The van der Waals surface area contributed by atoms with E-state index in [1.807, 2.05) is 25.1 Å². The van der Waals surface area contributed by atoms with E-state index in [4.69, 9.17) is 5.53 Å². The topological polar surface area (TPSA) is 48.8 Å². The highest BCUT2D eigenvalue weighted by atomic mass is 15.1. The molecule has 1 atom stereocenters. The number of benzene rings is 1. The lowest BCUT2D eigenvalue weighted by molar-refractivity contribution is 0.642. The molecule has 68 valence electrons. The molecule has 0 bridgehead atoms. The molecule has 1 unspecified atom stereocenters. The van der Waals surface area contributed by atoms with Crippen molar-refractivity contribution in [1.29, 1.82) is 0 Å². The Hall–Kier alpha value is -1.47. The summed E-state index contributed by atoms with van der Waals surface area (Å²) in [6.07, 6.45) is 1.72. The number of azide groups is 1. The van der Waals surface area contributed by atoms with E-state index in [2.05, 4.69) is 22.2 Å². The first kappa shape index (κ1) is 9.62. The molecular formula is C10H13N3. The molecule has 1 rings (SSSR count). The highest BCUT2D eigenvalue weighted by Crippen LogP contribution is 2.08. The van der Waals surface area contributed by atoms with Crippen LogP contribution in [0, 0.1) is 0 Å². The Bertz CT molecular complexity index is 288. The van der Waals surface area contributed by atoms with Gasteiger partial charge in [0.25, 0.3) is 0 Å². The molecule has 3 nitrogen and oxygen atoms in total. The molecule has 0 radical (unpaired) electrons. The molecule has 1 aromatic carbocycles. The Morgan fingerprint density at radius 2 is 2.08 bits per heavy atom. The Morgan fingerprint density at radius 3 is 2.62 bits per heavy atom. The first-order valence-electron chi connectivity index (χ1n) is 4.45. The van der Waals surface area contributed by atoms with Gasteiger partial charge in [0.05, 0.1) is 0 Å². The maximum atomic E-state index is 8.30. The quantitative estimate of drug-likeness (QED) is 0.383. The molecule has 3 heteroatoms. The van der Waals surface area contributed by atoms with Crippen LogP contribution in [0.1, 0.15) is 18.9 Å². The molecule has 0 aromatic heterocycles. The molecule has 0 saturated heterocycles. The fourth-order valence-electron chi connectivity index (χ4n) is 1.23. The van der Waals surface area contributed by atoms with Gasteiger partial charge in [0.1, 0.15) is 0 Å².